The molecule has 1 aromatic heterocycles. The second-order valence-corrected chi connectivity index (χ2v) is 7.87. The van der Waals surface area contributed by atoms with E-state index in [9.17, 15) is 27.2 Å². The molecular formula is C24H19CdClF4N3O4-. The van der Waals surface area contributed by atoms with E-state index in [1.54, 1.807) is 6.92 Å². The molecule has 0 unspecified atom stereocenters. The summed E-state index contributed by atoms with van der Waals surface area (Å²) in [4.78, 5) is 28.8. The van der Waals surface area contributed by atoms with Crippen molar-refractivity contribution >= 4 is 29.1 Å². The van der Waals surface area contributed by atoms with Crippen LogP contribution in [0.1, 0.15) is 26.4 Å². The zero-order valence-electron chi connectivity index (χ0n) is 19.4. The molecule has 2 N–H and O–H groups in total. The molecule has 7 nitrogen and oxygen atoms in total. The summed E-state index contributed by atoms with van der Waals surface area (Å²) < 4.78 is 57.7. The van der Waals surface area contributed by atoms with E-state index in [-0.39, 0.29) is 56.9 Å². The SMILES string of the molecule is Cc1cnc(C(=O)NCCO)cc1-c1ccc([N-]C(=O)c2c(F)cccc2Cl)c(OCC(F)(F)F)c1.[Cd]. The van der Waals surface area contributed by atoms with Crippen molar-refractivity contribution in [1.82, 2.24) is 10.3 Å². The number of pyridine rings is 1. The van der Waals surface area contributed by atoms with Gasteiger partial charge < -0.3 is 25.3 Å². The molecule has 13 heteroatoms. The van der Waals surface area contributed by atoms with Crippen molar-refractivity contribution in [2.45, 2.75) is 13.1 Å². The van der Waals surface area contributed by atoms with Crippen LogP contribution in [0, 0.1) is 12.7 Å². The van der Waals surface area contributed by atoms with Gasteiger partial charge in [0.15, 0.2) is 6.61 Å². The Kier molecular flexibility index (Phi) is 10.8. The average Bonchev–Trinajstić information content (AvgIpc) is 2.81. The molecule has 0 fully saturated rings. The van der Waals surface area contributed by atoms with Crippen LogP contribution in [0.15, 0.2) is 48.7 Å². The summed E-state index contributed by atoms with van der Waals surface area (Å²) in [5.41, 5.74) is 0.590. The van der Waals surface area contributed by atoms with Crippen LogP contribution in [0.25, 0.3) is 16.4 Å². The predicted octanol–water partition coefficient (Wildman–Crippen LogP) is 5.36. The number of hydrogen-bond donors (Lipinski definition) is 2. The molecule has 0 spiro atoms. The minimum absolute atomic E-state index is 0. The zero-order valence-corrected chi connectivity index (χ0v) is 24.2. The van der Waals surface area contributed by atoms with Crippen LogP contribution in [0.3, 0.4) is 0 Å². The summed E-state index contributed by atoms with van der Waals surface area (Å²) >= 11 is 5.89. The monoisotopic (exact) mass is 638 g/mol. The fourth-order valence-electron chi connectivity index (χ4n) is 3.14. The Morgan fingerprint density at radius 3 is 2.57 bits per heavy atom. The number of aliphatic hydroxyl groups is 1. The fraction of sp³-hybridized carbons (Fsp3) is 0.208. The Bertz CT molecular complexity index is 1270. The third kappa shape index (κ3) is 8.10. The van der Waals surface area contributed by atoms with E-state index in [2.05, 4.69) is 15.6 Å². The molecule has 192 valence electrons. The second-order valence-electron chi connectivity index (χ2n) is 7.46. The van der Waals surface area contributed by atoms with Crippen LogP contribution in [0.4, 0.5) is 23.2 Å². The van der Waals surface area contributed by atoms with Crippen LogP contribution in [0.5, 0.6) is 5.75 Å². The first-order valence-electron chi connectivity index (χ1n) is 10.4. The molecule has 0 aliphatic rings. The molecule has 3 rings (SSSR count). The number of aliphatic hydroxyl groups excluding tert-OH is 1. The largest absolute Gasteiger partial charge is 0.620 e. The van der Waals surface area contributed by atoms with E-state index in [4.69, 9.17) is 21.4 Å². The van der Waals surface area contributed by atoms with Crippen molar-refractivity contribution in [1.29, 1.82) is 0 Å². The first-order chi connectivity index (χ1) is 17.0. The van der Waals surface area contributed by atoms with Crippen LogP contribution in [0.2, 0.25) is 5.02 Å². The molecule has 0 aliphatic carbocycles. The molecule has 0 bridgehead atoms. The van der Waals surface area contributed by atoms with Gasteiger partial charge in [-0.1, -0.05) is 35.5 Å². The Hall–Kier alpha value is -2.78. The summed E-state index contributed by atoms with van der Waals surface area (Å²) in [6.45, 7) is -0.255. The molecule has 0 atom stereocenters. The van der Waals surface area contributed by atoms with Crippen molar-refractivity contribution in [2.75, 3.05) is 19.8 Å². The molecule has 0 saturated carbocycles. The van der Waals surface area contributed by atoms with Gasteiger partial charge >= 0.3 is 6.18 Å². The standard InChI is InChI=1S/C24H20ClF4N3O4.Cd/c1-13-11-31-19(22(34)30-7-8-33)10-15(13)14-5-6-18(20(9-14)36-12-24(27,28)29)32-23(35)21-16(25)3-2-4-17(21)26;/h2-6,9-11,33H,7-8,12H2,1H3,(H2,30,31,32,34,35);/p-1. The fourth-order valence-corrected chi connectivity index (χ4v) is 3.38. The van der Waals surface area contributed by atoms with Gasteiger partial charge in [-0.3, -0.25) is 9.78 Å². The zero-order chi connectivity index (χ0) is 26.5. The maximum absolute atomic E-state index is 14.1. The van der Waals surface area contributed by atoms with Gasteiger partial charge in [0.05, 0.1) is 23.1 Å². The van der Waals surface area contributed by atoms with Crippen LogP contribution >= 0.6 is 11.6 Å². The van der Waals surface area contributed by atoms with E-state index in [0.717, 1.165) is 6.07 Å². The predicted molar refractivity (Wildman–Crippen MR) is 124 cm³/mol. The average molecular weight is 637 g/mol. The maximum atomic E-state index is 14.1. The molecule has 2 amide bonds. The number of amides is 2. The van der Waals surface area contributed by atoms with Crippen molar-refractivity contribution in [3.05, 3.63) is 81.6 Å². The van der Waals surface area contributed by atoms with Gasteiger partial charge in [0.1, 0.15) is 17.3 Å². The summed E-state index contributed by atoms with van der Waals surface area (Å²) in [6, 6.07) is 8.89. The Morgan fingerprint density at radius 1 is 1.19 bits per heavy atom. The van der Waals surface area contributed by atoms with Gasteiger partial charge in [0.25, 0.3) is 5.91 Å². The number of nitrogens with one attached hydrogen (secondary N) is 1. The molecule has 37 heavy (non-hydrogen) atoms. The van der Waals surface area contributed by atoms with Crippen LogP contribution in [-0.4, -0.2) is 47.8 Å². The molecule has 1 heterocycles. The van der Waals surface area contributed by atoms with Crippen molar-refractivity contribution in [2.24, 2.45) is 0 Å². The van der Waals surface area contributed by atoms with E-state index in [1.165, 1.54) is 42.6 Å². The van der Waals surface area contributed by atoms with Gasteiger partial charge in [0, 0.05) is 40.0 Å². The van der Waals surface area contributed by atoms with E-state index in [0.29, 0.717) is 16.7 Å². The topological polar surface area (TPSA) is 103 Å². The number of hydrogen-bond acceptors (Lipinski definition) is 5. The van der Waals surface area contributed by atoms with Crippen molar-refractivity contribution in [3.63, 3.8) is 0 Å². The summed E-state index contributed by atoms with van der Waals surface area (Å²) in [6.07, 6.45) is -3.28. The number of carbonyl (C=O) groups is 2. The molecule has 3 aromatic rings. The van der Waals surface area contributed by atoms with Gasteiger partial charge in [0.2, 0.25) is 0 Å². The number of aromatic nitrogens is 1. The quantitative estimate of drug-likeness (QED) is 0.256. The Labute approximate surface area is 234 Å². The third-order valence-electron chi connectivity index (χ3n) is 4.79. The minimum Gasteiger partial charge on any atom is -0.620 e. The van der Waals surface area contributed by atoms with E-state index < -0.39 is 41.7 Å². The maximum Gasteiger partial charge on any atom is 0.422 e. The normalized spacial score (nSPS) is 10.9. The Morgan fingerprint density at radius 2 is 1.92 bits per heavy atom. The summed E-state index contributed by atoms with van der Waals surface area (Å²) in [5, 5.41) is 14.9. The smallest absolute Gasteiger partial charge is 0.422 e. The van der Waals surface area contributed by atoms with E-state index >= 15 is 0 Å². The number of benzene rings is 2. The third-order valence-corrected chi connectivity index (χ3v) is 5.11. The minimum atomic E-state index is -4.68. The number of rotatable bonds is 8. The van der Waals surface area contributed by atoms with Gasteiger partial charge in [-0.25, -0.2) is 4.39 Å². The Balaban J connectivity index is 0.00000481. The van der Waals surface area contributed by atoms with Gasteiger partial charge in [-0.05, 0) is 47.9 Å². The summed E-state index contributed by atoms with van der Waals surface area (Å²) in [5.74, 6) is -3.00. The number of halogens is 5. The molecule has 0 aliphatic heterocycles. The summed E-state index contributed by atoms with van der Waals surface area (Å²) in [7, 11) is 0. The number of ether oxygens (including phenoxy) is 1. The van der Waals surface area contributed by atoms with E-state index in [1.807, 2.05) is 0 Å². The first-order valence-corrected chi connectivity index (χ1v) is 10.8. The second kappa shape index (κ2) is 13.1. The molecular weight excluding hydrogens is 618 g/mol. The molecule has 0 saturated heterocycles. The number of carbonyl (C=O) groups excluding carboxylic acids is 2. The van der Waals surface area contributed by atoms with Crippen LogP contribution < -0.4 is 10.1 Å². The number of aryl methyl sites for hydroxylation is 1. The first kappa shape index (κ1) is 30.4. The molecule has 2 aromatic carbocycles. The van der Waals surface area contributed by atoms with Gasteiger partial charge in [-0.2, -0.15) is 13.2 Å². The van der Waals surface area contributed by atoms with Gasteiger partial charge in [-0.15, -0.1) is 0 Å². The van der Waals surface area contributed by atoms with Crippen molar-refractivity contribution in [3.8, 4) is 16.9 Å². The number of nitrogens with zero attached hydrogens (tertiary/aromatic N) is 2. The van der Waals surface area contributed by atoms with Crippen LogP contribution in [-0.2, 0) is 27.3 Å². The number of alkyl halides is 3. The van der Waals surface area contributed by atoms with Crippen molar-refractivity contribution < 1.29 is 64.3 Å². The molecule has 0 radical (unpaired) electrons.